The van der Waals surface area contributed by atoms with Crippen LogP contribution in [0.25, 0.3) is 0 Å². The van der Waals surface area contributed by atoms with Crippen LogP contribution in [0, 0.1) is 5.92 Å². The zero-order valence-corrected chi connectivity index (χ0v) is 15.9. The van der Waals surface area contributed by atoms with E-state index < -0.39 is 0 Å². The van der Waals surface area contributed by atoms with Crippen LogP contribution in [0.4, 0.5) is 0 Å². The lowest BCUT2D eigenvalue weighted by Crippen LogP contribution is -2.17. The molecule has 0 aliphatic rings. The van der Waals surface area contributed by atoms with E-state index in [-0.39, 0.29) is 23.2 Å². The molecule has 0 aromatic heterocycles. The smallest absolute Gasteiger partial charge is 0.271 e. The fourth-order valence-electron chi connectivity index (χ4n) is 2.18. The summed E-state index contributed by atoms with van der Waals surface area (Å²) < 4.78 is 15.7. The Morgan fingerprint density at radius 3 is 2.26 bits per heavy atom. The van der Waals surface area contributed by atoms with Crippen molar-refractivity contribution in [1.82, 2.24) is 5.43 Å². The van der Waals surface area contributed by atoms with Gasteiger partial charge in [0.25, 0.3) is 5.91 Å². The minimum absolute atomic E-state index is 0.0963. The lowest BCUT2D eigenvalue weighted by molar-refractivity contribution is 0.0955. The molecule has 0 bridgehead atoms. The van der Waals surface area contributed by atoms with Crippen LogP contribution in [0.1, 0.15) is 29.8 Å². The number of benzene rings is 2. The quantitative estimate of drug-likeness (QED) is 0.549. The Kier molecular flexibility index (Phi) is 7.05. The fourth-order valence-corrected chi connectivity index (χ4v) is 2.18. The largest absolute Gasteiger partial charge is 0.502 e. The van der Waals surface area contributed by atoms with Gasteiger partial charge in [-0.15, -0.1) is 0 Å². The molecular formula is C20H24N2O5. The van der Waals surface area contributed by atoms with E-state index >= 15 is 0 Å². The molecular weight excluding hydrogens is 348 g/mol. The van der Waals surface area contributed by atoms with Crippen molar-refractivity contribution in [3.8, 4) is 23.0 Å². The van der Waals surface area contributed by atoms with Crippen molar-refractivity contribution in [3.05, 3.63) is 47.5 Å². The molecule has 144 valence electrons. The summed E-state index contributed by atoms with van der Waals surface area (Å²) in [6.45, 7) is 4.76. The molecule has 1 amide bonds. The second-order valence-electron chi connectivity index (χ2n) is 6.20. The van der Waals surface area contributed by atoms with E-state index in [4.69, 9.17) is 14.2 Å². The van der Waals surface area contributed by atoms with E-state index in [1.807, 2.05) is 0 Å². The molecule has 0 atom stereocenters. The average molecular weight is 372 g/mol. The Morgan fingerprint density at radius 2 is 1.74 bits per heavy atom. The molecule has 2 aromatic carbocycles. The van der Waals surface area contributed by atoms with E-state index in [0.29, 0.717) is 29.4 Å². The number of amides is 1. The first-order valence-electron chi connectivity index (χ1n) is 8.45. The van der Waals surface area contributed by atoms with Gasteiger partial charge in [0, 0.05) is 11.1 Å². The number of rotatable bonds is 8. The highest BCUT2D eigenvalue weighted by atomic mass is 16.5. The van der Waals surface area contributed by atoms with Crippen molar-refractivity contribution >= 4 is 12.1 Å². The van der Waals surface area contributed by atoms with Crippen LogP contribution in [0.3, 0.4) is 0 Å². The Morgan fingerprint density at radius 1 is 1.15 bits per heavy atom. The first kappa shape index (κ1) is 20.1. The monoisotopic (exact) mass is 372 g/mol. The maximum atomic E-state index is 12.2. The second kappa shape index (κ2) is 9.47. The third-order valence-electron chi connectivity index (χ3n) is 3.58. The van der Waals surface area contributed by atoms with Crippen LogP contribution in [0.2, 0.25) is 0 Å². The number of phenolic OH excluding ortho intramolecular Hbond substituents is 1. The normalized spacial score (nSPS) is 10.9. The number of nitrogens with zero attached hydrogens (tertiary/aromatic N) is 1. The van der Waals surface area contributed by atoms with Crippen LogP contribution in [0.5, 0.6) is 23.0 Å². The zero-order valence-electron chi connectivity index (χ0n) is 15.9. The van der Waals surface area contributed by atoms with Crippen molar-refractivity contribution in [2.45, 2.75) is 13.8 Å². The molecule has 0 fully saturated rings. The van der Waals surface area contributed by atoms with Gasteiger partial charge in [0.15, 0.2) is 11.5 Å². The van der Waals surface area contributed by atoms with E-state index in [9.17, 15) is 9.90 Å². The van der Waals surface area contributed by atoms with Gasteiger partial charge in [-0.25, -0.2) is 5.43 Å². The molecule has 0 aliphatic heterocycles. The molecule has 0 heterocycles. The van der Waals surface area contributed by atoms with Gasteiger partial charge in [-0.1, -0.05) is 13.8 Å². The number of phenols is 1. The molecule has 0 radical (unpaired) electrons. The van der Waals surface area contributed by atoms with Crippen molar-refractivity contribution in [2.75, 3.05) is 20.8 Å². The third-order valence-corrected chi connectivity index (χ3v) is 3.58. The molecule has 27 heavy (non-hydrogen) atoms. The third kappa shape index (κ3) is 5.64. The lowest BCUT2D eigenvalue weighted by Gasteiger charge is -2.09. The SMILES string of the molecule is COc1cc(/C=N/NC(=O)c2ccc(OCC(C)C)cc2)cc(OC)c1O. The lowest BCUT2D eigenvalue weighted by atomic mass is 10.2. The van der Waals surface area contributed by atoms with Gasteiger partial charge in [0.2, 0.25) is 5.75 Å². The number of ether oxygens (including phenoxy) is 3. The van der Waals surface area contributed by atoms with Crippen molar-refractivity contribution in [1.29, 1.82) is 0 Å². The van der Waals surface area contributed by atoms with E-state index in [0.717, 1.165) is 0 Å². The fraction of sp³-hybridized carbons (Fsp3) is 0.300. The maximum absolute atomic E-state index is 12.2. The highest BCUT2D eigenvalue weighted by molar-refractivity contribution is 5.95. The van der Waals surface area contributed by atoms with Gasteiger partial charge in [-0.05, 0) is 42.3 Å². The molecule has 7 heteroatoms. The summed E-state index contributed by atoms with van der Waals surface area (Å²) in [6.07, 6.45) is 1.43. The topological polar surface area (TPSA) is 89.4 Å². The average Bonchev–Trinajstić information content (AvgIpc) is 2.67. The van der Waals surface area contributed by atoms with Crippen molar-refractivity contribution in [3.63, 3.8) is 0 Å². The van der Waals surface area contributed by atoms with Gasteiger partial charge in [-0.2, -0.15) is 5.10 Å². The minimum atomic E-state index is -0.348. The summed E-state index contributed by atoms with van der Waals surface area (Å²) in [6, 6.07) is 10.00. The number of carbonyl (C=O) groups excluding carboxylic acids is 1. The Balaban J connectivity index is 2.00. The minimum Gasteiger partial charge on any atom is -0.502 e. The number of hydrogen-bond donors (Lipinski definition) is 2. The first-order chi connectivity index (χ1) is 12.9. The summed E-state index contributed by atoms with van der Waals surface area (Å²) in [5.74, 6) is 1.20. The van der Waals surface area contributed by atoms with Gasteiger partial charge < -0.3 is 19.3 Å². The number of carbonyl (C=O) groups is 1. The second-order valence-corrected chi connectivity index (χ2v) is 6.20. The van der Waals surface area contributed by atoms with Crippen LogP contribution >= 0.6 is 0 Å². The Hall–Kier alpha value is -3.22. The summed E-state index contributed by atoms with van der Waals surface area (Å²) in [5.41, 5.74) is 3.51. The summed E-state index contributed by atoms with van der Waals surface area (Å²) >= 11 is 0. The van der Waals surface area contributed by atoms with Crippen LogP contribution < -0.4 is 19.6 Å². The van der Waals surface area contributed by atoms with Crippen molar-refractivity contribution in [2.24, 2.45) is 11.0 Å². The summed E-state index contributed by atoms with van der Waals surface area (Å²) in [5, 5.41) is 13.8. The molecule has 0 saturated carbocycles. The molecule has 0 aliphatic carbocycles. The van der Waals surface area contributed by atoms with Gasteiger partial charge in [0.1, 0.15) is 5.75 Å². The molecule has 2 rings (SSSR count). The predicted octanol–water partition coefficient (Wildman–Crippen LogP) is 3.21. The summed E-state index contributed by atoms with van der Waals surface area (Å²) in [7, 11) is 2.87. The van der Waals surface area contributed by atoms with E-state index in [1.165, 1.54) is 20.4 Å². The molecule has 7 nitrogen and oxygen atoms in total. The standard InChI is InChI=1S/C20H24N2O5/c1-13(2)12-27-16-7-5-15(6-8-16)20(24)22-21-11-14-9-17(25-3)19(23)18(10-14)26-4/h5-11,13,23H,12H2,1-4H3,(H,22,24)/b21-11+. The molecule has 0 saturated heterocycles. The highest BCUT2D eigenvalue weighted by Gasteiger charge is 2.10. The summed E-state index contributed by atoms with van der Waals surface area (Å²) in [4.78, 5) is 12.2. The van der Waals surface area contributed by atoms with Crippen LogP contribution in [-0.2, 0) is 0 Å². The zero-order chi connectivity index (χ0) is 19.8. The van der Waals surface area contributed by atoms with Gasteiger partial charge in [-0.3, -0.25) is 4.79 Å². The van der Waals surface area contributed by atoms with E-state index in [1.54, 1.807) is 36.4 Å². The number of hydrazone groups is 1. The van der Waals surface area contributed by atoms with Crippen LogP contribution in [-0.4, -0.2) is 38.1 Å². The number of nitrogens with one attached hydrogen (secondary N) is 1. The molecule has 0 unspecified atom stereocenters. The number of aromatic hydroxyl groups is 1. The van der Waals surface area contributed by atoms with Crippen molar-refractivity contribution < 1.29 is 24.1 Å². The number of methoxy groups -OCH3 is 2. The molecule has 2 N–H and O–H groups in total. The van der Waals surface area contributed by atoms with Gasteiger partial charge >= 0.3 is 0 Å². The molecule has 0 spiro atoms. The number of hydrogen-bond acceptors (Lipinski definition) is 6. The first-order valence-corrected chi connectivity index (χ1v) is 8.45. The molecule has 2 aromatic rings. The van der Waals surface area contributed by atoms with E-state index in [2.05, 4.69) is 24.4 Å². The Bertz CT molecular complexity index is 776. The maximum Gasteiger partial charge on any atom is 0.271 e. The predicted molar refractivity (Wildman–Crippen MR) is 103 cm³/mol. The highest BCUT2D eigenvalue weighted by Crippen LogP contribution is 2.36. The Labute approximate surface area is 158 Å². The van der Waals surface area contributed by atoms with Crippen LogP contribution in [0.15, 0.2) is 41.5 Å². The van der Waals surface area contributed by atoms with Gasteiger partial charge in [0.05, 0.1) is 27.0 Å².